The van der Waals surface area contributed by atoms with Gasteiger partial charge in [-0.15, -0.1) is 0 Å². The van der Waals surface area contributed by atoms with E-state index in [1.807, 2.05) is 19.1 Å². The summed E-state index contributed by atoms with van der Waals surface area (Å²) in [5.74, 6) is 0.749. The van der Waals surface area contributed by atoms with E-state index >= 15 is 0 Å². The Morgan fingerprint density at radius 1 is 1.32 bits per heavy atom. The zero-order chi connectivity index (χ0) is 18.1. The van der Waals surface area contributed by atoms with Gasteiger partial charge >= 0.3 is 0 Å². The summed E-state index contributed by atoms with van der Waals surface area (Å²) in [6, 6.07) is 7.25. The highest BCUT2D eigenvalue weighted by Crippen LogP contribution is 2.44. The molecule has 5 nitrogen and oxygen atoms in total. The first-order valence-corrected chi connectivity index (χ1v) is 9.41. The molecule has 0 saturated heterocycles. The SMILES string of the molecule is CCNC(=NCC1(CCOC)CCC1)NCC(O)c1ccc(Cl)cc1. The van der Waals surface area contributed by atoms with Crippen LogP contribution >= 0.6 is 11.6 Å². The quantitative estimate of drug-likeness (QED) is 0.463. The summed E-state index contributed by atoms with van der Waals surface area (Å²) in [6.45, 7) is 4.81. The molecule has 0 amide bonds. The molecule has 1 atom stereocenters. The Hall–Kier alpha value is -1.30. The summed E-state index contributed by atoms with van der Waals surface area (Å²) in [6.07, 6.45) is 4.16. The monoisotopic (exact) mass is 367 g/mol. The minimum atomic E-state index is -0.604. The van der Waals surface area contributed by atoms with Gasteiger partial charge in [-0.3, -0.25) is 4.99 Å². The number of aliphatic hydroxyl groups excluding tert-OH is 1. The number of ether oxygens (including phenoxy) is 1. The van der Waals surface area contributed by atoms with Crippen LogP contribution in [0.25, 0.3) is 0 Å². The Balaban J connectivity index is 1.89. The number of benzene rings is 1. The van der Waals surface area contributed by atoms with Crippen molar-refractivity contribution >= 4 is 17.6 Å². The van der Waals surface area contributed by atoms with Crippen LogP contribution in [-0.4, -0.2) is 44.4 Å². The molecule has 0 radical (unpaired) electrons. The van der Waals surface area contributed by atoms with Crippen LogP contribution in [0.1, 0.15) is 44.3 Å². The molecule has 140 valence electrons. The molecule has 1 aromatic carbocycles. The number of aliphatic imine (C=N–C) groups is 1. The van der Waals surface area contributed by atoms with Gasteiger partial charge in [0.1, 0.15) is 0 Å². The predicted octanol–water partition coefficient (Wildman–Crippen LogP) is 3.14. The third-order valence-electron chi connectivity index (χ3n) is 4.89. The van der Waals surface area contributed by atoms with Crippen molar-refractivity contribution in [2.45, 2.75) is 38.7 Å². The fourth-order valence-electron chi connectivity index (χ4n) is 3.07. The number of hydrogen-bond acceptors (Lipinski definition) is 3. The number of hydrogen-bond donors (Lipinski definition) is 3. The van der Waals surface area contributed by atoms with Crippen molar-refractivity contribution in [3.63, 3.8) is 0 Å². The average Bonchev–Trinajstić information content (AvgIpc) is 2.58. The molecular weight excluding hydrogens is 338 g/mol. The maximum Gasteiger partial charge on any atom is 0.191 e. The molecule has 0 aromatic heterocycles. The molecule has 1 aliphatic rings. The van der Waals surface area contributed by atoms with E-state index in [-0.39, 0.29) is 5.41 Å². The molecule has 1 unspecified atom stereocenters. The molecule has 1 saturated carbocycles. The second-order valence-corrected chi connectivity index (χ2v) is 7.18. The maximum atomic E-state index is 10.3. The molecule has 0 aliphatic heterocycles. The Labute approximate surface area is 155 Å². The first-order valence-electron chi connectivity index (χ1n) is 9.03. The van der Waals surface area contributed by atoms with Crippen molar-refractivity contribution in [3.8, 4) is 0 Å². The first-order chi connectivity index (χ1) is 12.1. The summed E-state index contributed by atoms with van der Waals surface area (Å²) >= 11 is 5.89. The van der Waals surface area contributed by atoms with Crippen molar-refractivity contribution in [3.05, 3.63) is 34.9 Å². The van der Waals surface area contributed by atoms with E-state index in [1.54, 1.807) is 19.2 Å². The lowest BCUT2D eigenvalue weighted by Crippen LogP contribution is -2.41. The van der Waals surface area contributed by atoms with Crippen molar-refractivity contribution in [1.82, 2.24) is 10.6 Å². The van der Waals surface area contributed by atoms with Gasteiger partial charge in [-0.25, -0.2) is 0 Å². The molecule has 2 rings (SSSR count). The lowest BCUT2D eigenvalue weighted by molar-refractivity contribution is 0.0778. The number of guanidine groups is 1. The highest BCUT2D eigenvalue weighted by atomic mass is 35.5. The number of rotatable bonds is 9. The molecule has 0 heterocycles. The summed E-state index contributed by atoms with van der Waals surface area (Å²) < 4.78 is 5.24. The van der Waals surface area contributed by atoms with E-state index in [0.717, 1.165) is 37.6 Å². The number of methoxy groups -OCH3 is 1. The van der Waals surface area contributed by atoms with Gasteiger partial charge in [0.15, 0.2) is 5.96 Å². The molecule has 1 aliphatic carbocycles. The number of nitrogens with one attached hydrogen (secondary N) is 2. The standard InChI is InChI=1S/C19H30ClN3O2/c1-3-21-18(23-14-19(9-4-10-19)11-12-25-2)22-13-17(24)15-5-7-16(20)8-6-15/h5-8,17,24H,3-4,9-14H2,1-2H3,(H2,21,22,23). The van der Waals surface area contributed by atoms with Crippen LogP contribution in [0.4, 0.5) is 0 Å². The Morgan fingerprint density at radius 2 is 2.04 bits per heavy atom. The smallest absolute Gasteiger partial charge is 0.191 e. The molecule has 3 N–H and O–H groups in total. The van der Waals surface area contributed by atoms with Crippen molar-refractivity contribution < 1.29 is 9.84 Å². The zero-order valence-corrected chi connectivity index (χ0v) is 16.0. The van der Waals surface area contributed by atoms with Gasteiger partial charge in [-0.1, -0.05) is 30.2 Å². The Bertz CT molecular complexity index is 544. The first kappa shape index (κ1) is 20.0. The van der Waals surface area contributed by atoms with Crippen molar-refractivity contribution in [2.75, 3.05) is 33.4 Å². The van der Waals surface area contributed by atoms with Gasteiger partial charge in [0, 0.05) is 38.4 Å². The van der Waals surface area contributed by atoms with Crippen molar-refractivity contribution in [2.24, 2.45) is 10.4 Å². The summed E-state index contributed by atoms with van der Waals surface area (Å²) in [5.41, 5.74) is 1.12. The van der Waals surface area contributed by atoms with E-state index < -0.39 is 6.10 Å². The van der Waals surface area contributed by atoms with Crippen LogP contribution in [0.15, 0.2) is 29.3 Å². The lowest BCUT2D eigenvalue weighted by atomic mass is 9.67. The van der Waals surface area contributed by atoms with E-state index in [0.29, 0.717) is 11.6 Å². The second kappa shape index (κ2) is 10.00. The molecule has 0 spiro atoms. The summed E-state index contributed by atoms with van der Waals surface area (Å²) in [4.78, 5) is 4.75. The highest BCUT2D eigenvalue weighted by molar-refractivity contribution is 6.30. The number of halogens is 1. The minimum absolute atomic E-state index is 0.285. The molecule has 0 bridgehead atoms. The van der Waals surface area contributed by atoms with Crippen LogP contribution in [-0.2, 0) is 4.74 Å². The third-order valence-corrected chi connectivity index (χ3v) is 5.14. The normalized spacial score (nSPS) is 17.7. The van der Waals surface area contributed by atoms with Crippen LogP contribution in [0, 0.1) is 5.41 Å². The zero-order valence-electron chi connectivity index (χ0n) is 15.2. The van der Waals surface area contributed by atoms with Crippen LogP contribution in [0.2, 0.25) is 5.02 Å². The largest absolute Gasteiger partial charge is 0.387 e. The molecule has 1 aromatic rings. The lowest BCUT2D eigenvalue weighted by Gasteiger charge is -2.40. The maximum absolute atomic E-state index is 10.3. The van der Waals surface area contributed by atoms with Gasteiger partial charge in [-0.05, 0) is 49.3 Å². The topological polar surface area (TPSA) is 65.9 Å². The summed E-state index contributed by atoms with van der Waals surface area (Å²) in [5, 5.41) is 17.5. The number of aliphatic hydroxyl groups is 1. The Kier molecular flexibility index (Phi) is 8.00. The van der Waals surface area contributed by atoms with Gasteiger partial charge < -0.3 is 20.5 Å². The third kappa shape index (κ3) is 6.17. The van der Waals surface area contributed by atoms with Gasteiger partial charge in [0.2, 0.25) is 0 Å². The van der Waals surface area contributed by atoms with Gasteiger partial charge in [-0.2, -0.15) is 0 Å². The van der Waals surface area contributed by atoms with Gasteiger partial charge in [0.25, 0.3) is 0 Å². The summed E-state index contributed by atoms with van der Waals surface area (Å²) in [7, 11) is 1.75. The number of nitrogens with zero attached hydrogens (tertiary/aromatic N) is 1. The Morgan fingerprint density at radius 3 is 2.60 bits per heavy atom. The van der Waals surface area contributed by atoms with Crippen LogP contribution in [0.3, 0.4) is 0 Å². The molecular formula is C19H30ClN3O2. The van der Waals surface area contributed by atoms with E-state index in [9.17, 15) is 5.11 Å². The van der Waals surface area contributed by atoms with E-state index in [4.69, 9.17) is 21.3 Å². The highest BCUT2D eigenvalue weighted by Gasteiger charge is 2.36. The van der Waals surface area contributed by atoms with Gasteiger partial charge in [0.05, 0.1) is 6.10 Å². The van der Waals surface area contributed by atoms with E-state index in [1.165, 1.54) is 19.3 Å². The predicted molar refractivity (Wildman–Crippen MR) is 103 cm³/mol. The fraction of sp³-hybridized carbons (Fsp3) is 0.632. The minimum Gasteiger partial charge on any atom is -0.387 e. The van der Waals surface area contributed by atoms with Crippen molar-refractivity contribution in [1.29, 1.82) is 0 Å². The second-order valence-electron chi connectivity index (χ2n) is 6.74. The fourth-order valence-corrected chi connectivity index (χ4v) is 3.19. The van der Waals surface area contributed by atoms with Crippen LogP contribution in [0.5, 0.6) is 0 Å². The van der Waals surface area contributed by atoms with E-state index in [2.05, 4.69) is 10.6 Å². The molecule has 1 fully saturated rings. The van der Waals surface area contributed by atoms with Crippen LogP contribution < -0.4 is 10.6 Å². The molecule has 6 heteroatoms. The average molecular weight is 368 g/mol. The molecule has 25 heavy (non-hydrogen) atoms.